The van der Waals surface area contributed by atoms with Crippen molar-refractivity contribution in [3.05, 3.63) is 58.1 Å². The summed E-state index contributed by atoms with van der Waals surface area (Å²) in [6.45, 7) is 1.87. The molecule has 106 valence electrons. The molecule has 1 atom stereocenters. The fourth-order valence-electron chi connectivity index (χ4n) is 1.82. The summed E-state index contributed by atoms with van der Waals surface area (Å²) in [6.07, 6.45) is 0.583. The Morgan fingerprint density at radius 1 is 1.20 bits per heavy atom. The third kappa shape index (κ3) is 3.55. The van der Waals surface area contributed by atoms with E-state index in [0.29, 0.717) is 12.2 Å². The predicted molar refractivity (Wildman–Crippen MR) is 77.9 cm³/mol. The van der Waals surface area contributed by atoms with Gasteiger partial charge in [-0.25, -0.2) is 4.39 Å². The van der Waals surface area contributed by atoms with E-state index in [2.05, 4.69) is 15.9 Å². The Balaban J connectivity index is 2.36. The third-order valence-corrected chi connectivity index (χ3v) is 3.20. The molecule has 2 aromatic rings. The van der Waals surface area contributed by atoms with Crippen molar-refractivity contribution in [1.29, 1.82) is 0 Å². The Labute approximate surface area is 124 Å². The molecule has 0 spiro atoms. The molecule has 0 aliphatic heterocycles. The lowest BCUT2D eigenvalue weighted by molar-refractivity contribution is 0.412. The first kappa shape index (κ1) is 14.9. The lowest BCUT2D eigenvalue weighted by Crippen LogP contribution is -2.18. The van der Waals surface area contributed by atoms with Gasteiger partial charge in [0.05, 0.1) is 0 Å². The minimum Gasteiger partial charge on any atom is -0.454 e. The molecule has 0 bridgehead atoms. The van der Waals surface area contributed by atoms with Crippen molar-refractivity contribution in [3.8, 4) is 11.5 Å². The number of ether oxygens (including phenoxy) is 1. The largest absolute Gasteiger partial charge is 0.454 e. The van der Waals surface area contributed by atoms with Gasteiger partial charge in [0.25, 0.3) is 0 Å². The Morgan fingerprint density at radius 2 is 1.95 bits per heavy atom. The lowest BCUT2D eigenvalue weighted by atomic mass is 10.1. The second-order valence-corrected chi connectivity index (χ2v) is 5.50. The Bertz CT molecular complexity index is 617. The van der Waals surface area contributed by atoms with E-state index in [1.54, 1.807) is 6.07 Å². The van der Waals surface area contributed by atoms with Crippen molar-refractivity contribution in [1.82, 2.24) is 0 Å². The predicted octanol–water partition coefficient (Wildman–Crippen LogP) is 4.41. The molecule has 20 heavy (non-hydrogen) atoms. The monoisotopic (exact) mass is 341 g/mol. The molecule has 0 radical (unpaired) electrons. The molecular weight excluding hydrogens is 328 g/mol. The number of hydrogen-bond donors (Lipinski definition) is 1. The summed E-state index contributed by atoms with van der Waals surface area (Å²) in [7, 11) is 0. The molecule has 0 heterocycles. The van der Waals surface area contributed by atoms with E-state index in [9.17, 15) is 8.78 Å². The molecular formula is C15H14BrF2NO. The molecule has 2 nitrogen and oxygen atoms in total. The van der Waals surface area contributed by atoms with Crippen LogP contribution in [-0.4, -0.2) is 6.04 Å². The van der Waals surface area contributed by atoms with Gasteiger partial charge >= 0.3 is 0 Å². The number of halogens is 3. The molecule has 2 N–H and O–H groups in total. The minimum absolute atomic E-state index is 0.0594. The Morgan fingerprint density at radius 3 is 2.65 bits per heavy atom. The van der Waals surface area contributed by atoms with Crippen molar-refractivity contribution in [2.24, 2.45) is 5.73 Å². The fourth-order valence-corrected chi connectivity index (χ4v) is 2.16. The molecule has 2 rings (SSSR count). The molecule has 0 saturated heterocycles. The third-order valence-electron chi connectivity index (χ3n) is 2.71. The van der Waals surface area contributed by atoms with Gasteiger partial charge in [0.15, 0.2) is 11.6 Å². The second kappa shape index (κ2) is 6.33. The summed E-state index contributed by atoms with van der Waals surface area (Å²) in [6, 6.07) is 9.18. The summed E-state index contributed by atoms with van der Waals surface area (Å²) in [5.74, 6) is -1.62. The lowest BCUT2D eigenvalue weighted by Gasteiger charge is -2.14. The molecule has 0 saturated carbocycles. The number of rotatable bonds is 4. The summed E-state index contributed by atoms with van der Waals surface area (Å²) >= 11 is 3.33. The normalized spacial score (nSPS) is 12.2. The highest BCUT2D eigenvalue weighted by molar-refractivity contribution is 9.10. The molecule has 0 aliphatic carbocycles. The Kier molecular flexibility index (Phi) is 4.73. The van der Waals surface area contributed by atoms with Crippen LogP contribution < -0.4 is 10.5 Å². The highest BCUT2D eigenvalue weighted by Gasteiger charge is 2.13. The highest BCUT2D eigenvalue weighted by atomic mass is 79.9. The van der Waals surface area contributed by atoms with Crippen LogP contribution in [0.4, 0.5) is 8.78 Å². The number of nitrogens with two attached hydrogens (primary N) is 1. The summed E-state index contributed by atoms with van der Waals surface area (Å²) in [5.41, 5.74) is 6.62. The molecule has 2 aromatic carbocycles. The first-order valence-corrected chi connectivity index (χ1v) is 6.92. The smallest absolute Gasteiger partial charge is 0.201 e. The van der Waals surface area contributed by atoms with Gasteiger partial charge in [0.1, 0.15) is 5.75 Å². The first-order chi connectivity index (χ1) is 9.47. The van der Waals surface area contributed by atoms with Crippen molar-refractivity contribution in [3.63, 3.8) is 0 Å². The zero-order valence-electron chi connectivity index (χ0n) is 10.9. The van der Waals surface area contributed by atoms with Gasteiger partial charge in [-0.15, -0.1) is 0 Å². The van der Waals surface area contributed by atoms with E-state index in [-0.39, 0.29) is 11.8 Å². The van der Waals surface area contributed by atoms with Crippen molar-refractivity contribution >= 4 is 15.9 Å². The molecule has 5 heteroatoms. The highest BCUT2D eigenvalue weighted by Crippen LogP contribution is 2.31. The van der Waals surface area contributed by atoms with Gasteiger partial charge in [-0.2, -0.15) is 4.39 Å². The van der Waals surface area contributed by atoms with Crippen molar-refractivity contribution in [2.75, 3.05) is 0 Å². The van der Waals surface area contributed by atoms with Crippen LogP contribution in [-0.2, 0) is 6.42 Å². The van der Waals surface area contributed by atoms with E-state index < -0.39 is 11.6 Å². The van der Waals surface area contributed by atoms with E-state index in [0.717, 1.165) is 16.1 Å². The van der Waals surface area contributed by atoms with Gasteiger partial charge in [-0.1, -0.05) is 28.1 Å². The molecule has 0 aromatic heterocycles. The van der Waals surface area contributed by atoms with Crippen LogP contribution in [0, 0.1) is 11.6 Å². The summed E-state index contributed by atoms with van der Waals surface area (Å²) < 4.78 is 33.1. The summed E-state index contributed by atoms with van der Waals surface area (Å²) in [5, 5.41) is 0. The maximum absolute atomic E-state index is 13.6. The van der Waals surface area contributed by atoms with Crippen LogP contribution in [0.1, 0.15) is 12.5 Å². The van der Waals surface area contributed by atoms with Crippen molar-refractivity contribution in [2.45, 2.75) is 19.4 Å². The Hall–Kier alpha value is -1.46. The minimum atomic E-state index is -1.00. The molecule has 0 amide bonds. The van der Waals surface area contributed by atoms with E-state index >= 15 is 0 Å². The average Bonchev–Trinajstić information content (AvgIpc) is 2.38. The van der Waals surface area contributed by atoms with Crippen LogP contribution in [0.3, 0.4) is 0 Å². The topological polar surface area (TPSA) is 35.2 Å². The second-order valence-electron chi connectivity index (χ2n) is 4.59. The zero-order chi connectivity index (χ0) is 14.7. The standard InChI is InChI=1S/C15H14BrF2NO/c1-9(19)7-10-5-6-11(16)8-14(10)20-13-4-2-3-12(17)15(13)18/h2-6,8-9H,7,19H2,1H3. The van der Waals surface area contributed by atoms with Gasteiger partial charge < -0.3 is 10.5 Å². The summed E-state index contributed by atoms with van der Waals surface area (Å²) in [4.78, 5) is 0. The van der Waals surface area contributed by atoms with Crippen LogP contribution in [0.25, 0.3) is 0 Å². The number of hydrogen-bond acceptors (Lipinski definition) is 2. The van der Waals surface area contributed by atoms with E-state index in [1.165, 1.54) is 12.1 Å². The first-order valence-electron chi connectivity index (χ1n) is 6.13. The van der Waals surface area contributed by atoms with E-state index in [1.807, 2.05) is 19.1 Å². The van der Waals surface area contributed by atoms with Gasteiger partial charge in [0.2, 0.25) is 5.82 Å². The average molecular weight is 342 g/mol. The van der Waals surface area contributed by atoms with Gasteiger partial charge in [-0.05, 0) is 43.2 Å². The van der Waals surface area contributed by atoms with Crippen LogP contribution in [0.5, 0.6) is 11.5 Å². The molecule has 0 fully saturated rings. The quantitative estimate of drug-likeness (QED) is 0.893. The molecule has 1 unspecified atom stereocenters. The van der Waals surface area contributed by atoms with Gasteiger partial charge in [0, 0.05) is 10.5 Å². The SMILES string of the molecule is CC(N)Cc1ccc(Br)cc1Oc1cccc(F)c1F. The van der Waals surface area contributed by atoms with Crippen LogP contribution >= 0.6 is 15.9 Å². The zero-order valence-corrected chi connectivity index (χ0v) is 12.5. The van der Waals surface area contributed by atoms with E-state index in [4.69, 9.17) is 10.5 Å². The molecule has 0 aliphatic rings. The van der Waals surface area contributed by atoms with Gasteiger partial charge in [-0.3, -0.25) is 0 Å². The van der Waals surface area contributed by atoms with Crippen molar-refractivity contribution < 1.29 is 13.5 Å². The number of benzene rings is 2. The maximum Gasteiger partial charge on any atom is 0.201 e. The maximum atomic E-state index is 13.6. The fraction of sp³-hybridized carbons (Fsp3) is 0.200. The van der Waals surface area contributed by atoms with Crippen LogP contribution in [0.2, 0.25) is 0 Å². The van der Waals surface area contributed by atoms with Crippen LogP contribution in [0.15, 0.2) is 40.9 Å².